The summed E-state index contributed by atoms with van der Waals surface area (Å²) in [6.45, 7) is 2.54. The average Bonchev–Trinajstić information content (AvgIpc) is 2.72. The summed E-state index contributed by atoms with van der Waals surface area (Å²) in [4.78, 5) is 0. The van der Waals surface area contributed by atoms with E-state index in [-0.39, 0.29) is 0 Å². The Morgan fingerprint density at radius 3 is 2.87 bits per heavy atom. The van der Waals surface area contributed by atoms with E-state index in [9.17, 15) is 0 Å². The highest BCUT2D eigenvalue weighted by Gasteiger charge is 2.16. The third-order valence-corrected chi connectivity index (χ3v) is 2.72. The zero-order valence-corrected chi connectivity index (χ0v) is 9.25. The summed E-state index contributed by atoms with van der Waals surface area (Å²) in [6.07, 6.45) is 2.30. The first-order valence-corrected chi connectivity index (χ1v) is 5.42. The Morgan fingerprint density at radius 1 is 1.33 bits per heavy atom. The third kappa shape index (κ3) is 2.07. The quantitative estimate of drug-likeness (QED) is 0.822. The number of hydrogen-bond donors (Lipinski definition) is 1. The van der Waals surface area contributed by atoms with Crippen LogP contribution in [0, 0.1) is 0 Å². The molecular formula is C12H17NO2. The first-order chi connectivity index (χ1) is 7.35. The van der Waals surface area contributed by atoms with Gasteiger partial charge < -0.3 is 14.8 Å². The second kappa shape index (κ2) is 4.53. The van der Waals surface area contributed by atoms with E-state index in [1.165, 1.54) is 12.0 Å². The van der Waals surface area contributed by atoms with Crippen molar-refractivity contribution in [2.75, 3.05) is 13.8 Å². The van der Waals surface area contributed by atoms with Gasteiger partial charge in [-0.1, -0.05) is 19.4 Å². The predicted molar refractivity (Wildman–Crippen MR) is 59.3 cm³/mol. The van der Waals surface area contributed by atoms with Gasteiger partial charge in [0, 0.05) is 6.04 Å². The van der Waals surface area contributed by atoms with Crippen molar-refractivity contribution in [1.29, 1.82) is 0 Å². The summed E-state index contributed by atoms with van der Waals surface area (Å²) in [5.41, 5.74) is 1.27. The maximum absolute atomic E-state index is 5.36. The summed E-state index contributed by atoms with van der Waals surface area (Å²) in [6, 6.07) is 6.56. The molecule has 1 atom stereocenters. The van der Waals surface area contributed by atoms with E-state index >= 15 is 0 Å². The number of ether oxygens (including phenoxy) is 2. The molecule has 0 saturated carbocycles. The van der Waals surface area contributed by atoms with Crippen LogP contribution < -0.4 is 14.8 Å². The van der Waals surface area contributed by atoms with E-state index < -0.39 is 0 Å². The molecule has 0 saturated heterocycles. The van der Waals surface area contributed by atoms with E-state index in [0.717, 1.165) is 17.9 Å². The molecule has 1 aliphatic heterocycles. The van der Waals surface area contributed by atoms with Crippen LogP contribution in [-0.2, 0) is 0 Å². The van der Waals surface area contributed by atoms with Crippen LogP contribution in [0.2, 0.25) is 0 Å². The molecule has 15 heavy (non-hydrogen) atoms. The molecule has 0 unspecified atom stereocenters. The first-order valence-electron chi connectivity index (χ1n) is 5.42. The molecule has 0 radical (unpaired) electrons. The van der Waals surface area contributed by atoms with Crippen molar-refractivity contribution in [3.05, 3.63) is 23.8 Å². The van der Waals surface area contributed by atoms with E-state index in [1.807, 2.05) is 13.1 Å². The lowest BCUT2D eigenvalue weighted by Gasteiger charge is -2.15. The summed E-state index contributed by atoms with van der Waals surface area (Å²) in [5.74, 6) is 1.72. The van der Waals surface area contributed by atoms with Crippen molar-refractivity contribution in [3.8, 4) is 11.5 Å². The lowest BCUT2D eigenvalue weighted by atomic mass is 10.0. The fourth-order valence-electron chi connectivity index (χ4n) is 1.90. The lowest BCUT2D eigenvalue weighted by molar-refractivity contribution is 0.174. The van der Waals surface area contributed by atoms with Gasteiger partial charge in [0.05, 0.1) is 0 Å². The molecule has 2 rings (SSSR count). The number of rotatable bonds is 4. The smallest absolute Gasteiger partial charge is 0.231 e. The predicted octanol–water partition coefficient (Wildman–Crippen LogP) is 2.48. The van der Waals surface area contributed by atoms with Crippen molar-refractivity contribution < 1.29 is 9.47 Å². The number of benzene rings is 1. The molecule has 1 aliphatic rings. The molecule has 1 aromatic carbocycles. The molecule has 82 valence electrons. The molecule has 0 aromatic heterocycles. The summed E-state index contributed by atoms with van der Waals surface area (Å²) in [7, 11) is 1.99. The van der Waals surface area contributed by atoms with Gasteiger partial charge in [0.2, 0.25) is 6.79 Å². The summed E-state index contributed by atoms with van der Waals surface area (Å²) < 4.78 is 10.6. The zero-order valence-electron chi connectivity index (χ0n) is 9.25. The highest BCUT2D eigenvalue weighted by Crippen LogP contribution is 2.34. The van der Waals surface area contributed by atoms with E-state index in [4.69, 9.17) is 9.47 Å². The summed E-state index contributed by atoms with van der Waals surface area (Å²) >= 11 is 0. The fourth-order valence-corrected chi connectivity index (χ4v) is 1.90. The minimum Gasteiger partial charge on any atom is -0.454 e. The Balaban J connectivity index is 2.20. The Bertz CT molecular complexity index is 338. The van der Waals surface area contributed by atoms with Gasteiger partial charge in [-0.3, -0.25) is 0 Å². The molecule has 1 aromatic rings. The molecule has 0 aliphatic carbocycles. The monoisotopic (exact) mass is 207 g/mol. The maximum Gasteiger partial charge on any atom is 0.231 e. The molecule has 1 N–H and O–H groups in total. The van der Waals surface area contributed by atoms with Gasteiger partial charge >= 0.3 is 0 Å². The minimum atomic E-state index is 0.344. The molecule has 0 fully saturated rings. The van der Waals surface area contributed by atoms with Crippen molar-refractivity contribution >= 4 is 0 Å². The van der Waals surface area contributed by atoms with Gasteiger partial charge in [0.1, 0.15) is 0 Å². The SMILES string of the molecule is CCC[C@H](NC)c1ccc2c(c1)OCO2. The Kier molecular flexibility index (Phi) is 3.11. The normalized spacial score (nSPS) is 15.3. The molecule has 0 bridgehead atoms. The van der Waals surface area contributed by atoms with E-state index in [2.05, 4.69) is 24.4 Å². The molecule has 0 spiro atoms. The van der Waals surface area contributed by atoms with Crippen molar-refractivity contribution in [3.63, 3.8) is 0 Å². The maximum atomic E-state index is 5.36. The molecule has 1 heterocycles. The van der Waals surface area contributed by atoms with Crippen LogP contribution in [-0.4, -0.2) is 13.8 Å². The first kappa shape index (κ1) is 10.3. The number of hydrogen-bond acceptors (Lipinski definition) is 3. The highest BCUT2D eigenvalue weighted by atomic mass is 16.7. The summed E-state index contributed by atoms with van der Waals surface area (Å²) in [5, 5.41) is 3.31. The van der Waals surface area contributed by atoms with Crippen molar-refractivity contribution in [1.82, 2.24) is 5.32 Å². The van der Waals surface area contributed by atoms with Crippen LogP contribution in [0.3, 0.4) is 0 Å². The Labute approximate surface area is 90.4 Å². The van der Waals surface area contributed by atoms with Gasteiger partial charge in [-0.2, -0.15) is 0 Å². The van der Waals surface area contributed by atoms with Crippen LogP contribution in [0.1, 0.15) is 31.4 Å². The van der Waals surface area contributed by atoms with Gasteiger partial charge in [-0.15, -0.1) is 0 Å². The largest absolute Gasteiger partial charge is 0.454 e. The van der Waals surface area contributed by atoms with E-state index in [1.54, 1.807) is 0 Å². The second-order valence-corrected chi connectivity index (χ2v) is 3.74. The zero-order chi connectivity index (χ0) is 10.7. The van der Waals surface area contributed by atoms with E-state index in [0.29, 0.717) is 12.8 Å². The van der Waals surface area contributed by atoms with Crippen LogP contribution in [0.4, 0.5) is 0 Å². The Morgan fingerprint density at radius 2 is 2.13 bits per heavy atom. The van der Waals surface area contributed by atoms with Gasteiger partial charge in [0.25, 0.3) is 0 Å². The van der Waals surface area contributed by atoms with Gasteiger partial charge in [0.15, 0.2) is 11.5 Å². The molecular weight excluding hydrogens is 190 g/mol. The number of fused-ring (bicyclic) bond motifs is 1. The molecule has 3 heteroatoms. The second-order valence-electron chi connectivity index (χ2n) is 3.74. The van der Waals surface area contributed by atoms with Crippen molar-refractivity contribution in [2.45, 2.75) is 25.8 Å². The lowest BCUT2D eigenvalue weighted by Crippen LogP contribution is -2.15. The molecule has 3 nitrogen and oxygen atoms in total. The fraction of sp³-hybridized carbons (Fsp3) is 0.500. The minimum absolute atomic E-state index is 0.344. The molecule has 0 amide bonds. The van der Waals surface area contributed by atoms with Gasteiger partial charge in [-0.25, -0.2) is 0 Å². The third-order valence-electron chi connectivity index (χ3n) is 2.72. The van der Waals surface area contributed by atoms with Gasteiger partial charge in [-0.05, 0) is 31.2 Å². The topological polar surface area (TPSA) is 30.5 Å². The standard InChI is InChI=1S/C12H17NO2/c1-3-4-10(13-2)9-5-6-11-12(7-9)15-8-14-11/h5-7,10,13H,3-4,8H2,1-2H3/t10-/m0/s1. The highest BCUT2D eigenvalue weighted by molar-refractivity contribution is 5.45. The Hall–Kier alpha value is -1.22. The van der Waals surface area contributed by atoms with Crippen LogP contribution in [0.25, 0.3) is 0 Å². The van der Waals surface area contributed by atoms with Crippen molar-refractivity contribution in [2.24, 2.45) is 0 Å². The van der Waals surface area contributed by atoms with Crippen LogP contribution >= 0.6 is 0 Å². The average molecular weight is 207 g/mol. The van der Waals surface area contributed by atoms with Crippen LogP contribution in [0.15, 0.2) is 18.2 Å². The number of nitrogens with one attached hydrogen (secondary N) is 1. The van der Waals surface area contributed by atoms with Crippen LogP contribution in [0.5, 0.6) is 11.5 Å².